The van der Waals surface area contributed by atoms with E-state index < -0.39 is 46.4 Å². The second-order valence-electron chi connectivity index (χ2n) is 7.71. The maximum Gasteiger partial charge on any atom is 0.306 e. The van der Waals surface area contributed by atoms with Gasteiger partial charge < -0.3 is 34.9 Å². The van der Waals surface area contributed by atoms with E-state index in [1.807, 2.05) is 0 Å². The van der Waals surface area contributed by atoms with Crippen molar-refractivity contribution in [3.05, 3.63) is 87.2 Å². The van der Waals surface area contributed by atoms with Gasteiger partial charge >= 0.3 is 5.97 Å². The van der Waals surface area contributed by atoms with E-state index in [1.165, 1.54) is 24.3 Å². The molecule has 10 nitrogen and oxygen atoms in total. The lowest BCUT2D eigenvalue weighted by Gasteiger charge is -2.25. The van der Waals surface area contributed by atoms with Crippen molar-refractivity contribution in [2.24, 2.45) is 0 Å². The summed E-state index contributed by atoms with van der Waals surface area (Å²) in [6.45, 7) is 0. The number of aromatic hydroxyl groups is 3. The van der Waals surface area contributed by atoms with Crippen LogP contribution >= 0.6 is 0 Å². The lowest BCUT2D eigenvalue weighted by Crippen LogP contribution is -2.13. The average Bonchev–Trinajstić information content (AvgIpc) is 2.86. The standard InChI is InChI=1S/C25H20NO9/c1-34-19(28)11-16(14-8-5-9-15(10-14)26(32)33)20-22(29)24(31)23(30)21-17(27)12-18(35-25(20)21)13-6-3-2-4-7-13/h2-10,12,16,29-32H,11H2,1H3/q-1. The molecular weight excluding hydrogens is 458 g/mol. The van der Waals surface area contributed by atoms with Crippen LogP contribution in [-0.4, -0.2) is 33.6 Å². The van der Waals surface area contributed by atoms with E-state index in [4.69, 9.17) is 9.15 Å². The number of rotatable bonds is 6. The lowest BCUT2D eigenvalue weighted by molar-refractivity contribution is -0.140. The molecule has 4 aromatic rings. The molecule has 1 unspecified atom stereocenters. The Balaban J connectivity index is 2.08. The SMILES string of the molecule is COC(=O)CC(c1cccc(N([O-])O)c1)c1c(O)c(O)c(O)c2c(=O)cc(-c3ccccc3)oc12. The lowest BCUT2D eigenvalue weighted by atomic mass is 9.86. The van der Waals surface area contributed by atoms with Gasteiger partial charge in [-0.25, -0.2) is 0 Å². The number of methoxy groups -OCH3 is 1. The van der Waals surface area contributed by atoms with Crippen molar-refractivity contribution in [1.29, 1.82) is 0 Å². The number of phenols is 3. The van der Waals surface area contributed by atoms with Crippen LogP contribution in [0.5, 0.6) is 17.2 Å². The molecule has 0 radical (unpaired) electrons. The summed E-state index contributed by atoms with van der Waals surface area (Å²) in [5, 5.41) is 51.8. The average molecular weight is 478 g/mol. The zero-order valence-corrected chi connectivity index (χ0v) is 18.3. The van der Waals surface area contributed by atoms with Crippen molar-refractivity contribution in [3.63, 3.8) is 0 Å². The zero-order chi connectivity index (χ0) is 25.3. The molecule has 4 rings (SSSR count). The molecule has 0 aliphatic rings. The van der Waals surface area contributed by atoms with E-state index in [-0.39, 0.29) is 33.4 Å². The van der Waals surface area contributed by atoms with Gasteiger partial charge in [0.05, 0.1) is 19.2 Å². The highest BCUT2D eigenvalue weighted by Gasteiger charge is 2.31. The molecule has 0 spiro atoms. The van der Waals surface area contributed by atoms with Gasteiger partial charge in [-0.3, -0.25) is 14.8 Å². The molecule has 1 aromatic heterocycles. The van der Waals surface area contributed by atoms with Gasteiger partial charge in [-0.1, -0.05) is 42.5 Å². The zero-order valence-electron chi connectivity index (χ0n) is 18.3. The number of esters is 1. The van der Waals surface area contributed by atoms with Crippen LogP contribution in [0.15, 0.2) is 69.9 Å². The highest BCUT2D eigenvalue weighted by atomic mass is 16.8. The summed E-state index contributed by atoms with van der Waals surface area (Å²) in [6, 6.07) is 15.2. The summed E-state index contributed by atoms with van der Waals surface area (Å²) >= 11 is 0. The van der Waals surface area contributed by atoms with Crippen molar-refractivity contribution in [3.8, 4) is 28.6 Å². The van der Waals surface area contributed by atoms with Crippen LogP contribution in [0.2, 0.25) is 0 Å². The number of fused-ring (bicyclic) bond motifs is 1. The Kier molecular flexibility index (Phi) is 6.32. The highest BCUT2D eigenvalue weighted by molar-refractivity contribution is 5.93. The molecule has 0 aliphatic carbocycles. The minimum Gasteiger partial charge on any atom is -0.733 e. The molecule has 35 heavy (non-hydrogen) atoms. The predicted molar refractivity (Wildman–Crippen MR) is 125 cm³/mol. The third-order valence-corrected chi connectivity index (χ3v) is 5.63. The van der Waals surface area contributed by atoms with E-state index in [1.54, 1.807) is 30.3 Å². The molecule has 4 N–H and O–H groups in total. The molecule has 0 bridgehead atoms. The van der Waals surface area contributed by atoms with E-state index in [9.17, 15) is 35.3 Å². The first-order valence-electron chi connectivity index (χ1n) is 10.4. The number of ether oxygens (including phenoxy) is 1. The van der Waals surface area contributed by atoms with Crippen LogP contribution in [-0.2, 0) is 9.53 Å². The first kappa shape index (κ1) is 23.6. The second kappa shape index (κ2) is 9.37. The molecule has 10 heteroatoms. The number of anilines is 1. The van der Waals surface area contributed by atoms with E-state index in [2.05, 4.69) is 0 Å². The van der Waals surface area contributed by atoms with Crippen LogP contribution in [0.3, 0.4) is 0 Å². The number of hydrogen-bond donors (Lipinski definition) is 4. The summed E-state index contributed by atoms with van der Waals surface area (Å²) < 4.78 is 10.7. The van der Waals surface area contributed by atoms with Crippen molar-refractivity contribution in [2.45, 2.75) is 12.3 Å². The fourth-order valence-electron chi connectivity index (χ4n) is 3.94. The Labute approximate surface area is 198 Å². The summed E-state index contributed by atoms with van der Waals surface area (Å²) in [4.78, 5) is 25.3. The first-order chi connectivity index (χ1) is 16.7. The van der Waals surface area contributed by atoms with Crippen LogP contribution in [0, 0.1) is 5.21 Å². The molecule has 3 aromatic carbocycles. The topological polar surface area (TPSA) is 164 Å². The molecule has 0 fully saturated rings. The van der Waals surface area contributed by atoms with E-state index in [0.717, 1.165) is 13.2 Å². The van der Waals surface area contributed by atoms with Gasteiger partial charge in [0.1, 0.15) is 16.7 Å². The number of hydrogen-bond acceptors (Lipinski definition) is 10. The van der Waals surface area contributed by atoms with Crippen LogP contribution in [0.25, 0.3) is 22.3 Å². The third-order valence-electron chi connectivity index (χ3n) is 5.63. The summed E-state index contributed by atoms with van der Waals surface area (Å²) in [5.41, 5.74) is -0.563. The van der Waals surface area contributed by atoms with Gasteiger partial charge in [-0.05, 0) is 17.7 Å². The molecule has 0 aliphatic heterocycles. The third kappa shape index (κ3) is 4.35. The predicted octanol–water partition coefficient (Wildman–Crippen LogP) is 3.97. The smallest absolute Gasteiger partial charge is 0.306 e. The number of phenolic OH excluding ortho intramolecular Hbond substituents is 3. The minimum atomic E-state index is -1.12. The molecule has 0 saturated carbocycles. The van der Waals surface area contributed by atoms with Gasteiger partial charge in [0.25, 0.3) is 0 Å². The minimum absolute atomic E-state index is 0.112. The molecular formula is C25H20NO9-. The maximum absolute atomic E-state index is 13.0. The van der Waals surface area contributed by atoms with Crippen molar-refractivity contribution >= 4 is 22.6 Å². The van der Waals surface area contributed by atoms with Gasteiger partial charge in [-0.2, -0.15) is 0 Å². The fourth-order valence-corrected chi connectivity index (χ4v) is 3.94. The molecule has 1 heterocycles. The van der Waals surface area contributed by atoms with E-state index in [0.29, 0.717) is 5.56 Å². The van der Waals surface area contributed by atoms with Crippen LogP contribution in [0.4, 0.5) is 5.69 Å². The molecule has 0 saturated heterocycles. The Morgan fingerprint density at radius 2 is 1.74 bits per heavy atom. The van der Waals surface area contributed by atoms with Crippen molar-refractivity contribution < 1.29 is 34.5 Å². The van der Waals surface area contributed by atoms with Crippen LogP contribution in [0.1, 0.15) is 23.5 Å². The number of nitrogens with zero attached hydrogens (tertiary/aromatic N) is 1. The first-order valence-corrected chi connectivity index (χ1v) is 10.4. The number of benzene rings is 3. The largest absolute Gasteiger partial charge is 0.733 e. The van der Waals surface area contributed by atoms with Gasteiger partial charge in [0, 0.05) is 23.1 Å². The molecule has 1 atom stereocenters. The second-order valence-corrected chi connectivity index (χ2v) is 7.71. The summed E-state index contributed by atoms with van der Waals surface area (Å²) in [6.07, 6.45) is -0.406. The normalized spacial score (nSPS) is 11.9. The maximum atomic E-state index is 13.0. The van der Waals surface area contributed by atoms with E-state index >= 15 is 0 Å². The van der Waals surface area contributed by atoms with Gasteiger partial charge in [0.2, 0.25) is 5.75 Å². The van der Waals surface area contributed by atoms with Gasteiger partial charge in [0.15, 0.2) is 16.9 Å². The summed E-state index contributed by atoms with van der Waals surface area (Å²) in [5.74, 6) is -4.42. The van der Waals surface area contributed by atoms with Crippen molar-refractivity contribution in [2.75, 3.05) is 12.3 Å². The number of carbonyl (C=O) groups excluding carboxylic acids is 1. The highest BCUT2D eigenvalue weighted by Crippen LogP contribution is 2.49. The van der Waals surface area contributed by atoms with Crippen molar-refractivity contribution in [1.82, 2.24) is 0 Å². The molecule has 180 valence electrons. The fraction of sp³-hybridized carbons (Fsp3) is 0.120. The Bertz CT molecular complexity index is 1460. The van der Waals surface area contributed by atoms with Gasteiger partial charge in [-0.15, -0.1) is 0 Å². The monoisotopic (exact) mass is 478 g/mol. The summed E-state index contributed by atoms with van der Waals surface area (Å²) in [7, 11) is 1.16. The molecule has 0 amide bonds. The Hall–Kier alpha value is -4.54. The quantitative estimate of drug-likeness (QED) is 0.181. The Morgan fingerprint density at radius 3 is 2.40 bits per heavy atom. The van der Waals surface area contributed by atoms with Crippen LogP contribution < -0.4 is 10.7 Å². The Morgan fingerprint density at radius 1 is 1.03 bits per heavy atom. The number of carbonyl (C=O) groups is 1.